The maximum absolute atomic E-state index is 12.9. The zero-order chi connectivity index (χ0) is 11.8. The van der Waals surface area contributed by atoms with Crippen LogP contribution in [-0.2, 0) is 0 Å². The smallest absolute Gasteiger partial charge is 0.135 e. The van der Waals surface area contributed by atoms with Crippen molar-refractivity contribution in [2.24, 2.45) is 0 Å². The van der Waals surface area contributed by atoms with Gasteiger partial charge in [-0.3, -0.25) is 4.39 Å². The van der Waals surface area contributed by atoms with Crippen molar-refractivity contribution < 1.29 is 18.6 Å². The number of ether oxygens (including phenoxy) is 1. The first-order valence-corrected chi connectivity index (χ1v) is 4.86. The van der Waals surface area contributed by atoms with Crippen LogP contribution in [0.4, 0.5) is 8.78 Å². The number of hydrogen-bond donors (Lipinski definition) is 1. The number of hydrogen-bond acceptors (Lipinski definition) is 2. The van der Waals surface area contributed by atoms with Gasteiger partial charge in [-0.2, -0.15) is 0 Å². The maximum Gasteiger partial charge on any atom is 0.135 e. The van der Waals surface area contributed by atoms with Crippen LogP contribution in [0.25, 0.3) is 0 Å². The van der Waals surface area contributed by atoms with Crippen LogP contribution in [-0.4, -0.2) is 25.0 Å². The Bertz CT molecular complexity index is 394. The molecular weight excluding hydrogens is 214 g/mol. The Balaban J connectivity index is 2.80. The average Bonchev–Trinajstić information content (AvgIpc) is 2.29. The van der Waals surface area contributed by atoms with Gasteiger partial charge >= 0.3 is 0 Å². The van der Waals surface area contributed by atoms with Gasteiger partial charge < -0.3 is 9.84 Å². The number of rotatable bonds is 4. The standard InChI is InChI=1S/C12H12F2O2/c13-6-2-8-16-12-5-4-11(14)9-10(12)3-1-7-15/h4-5,9,15H,2,6-8H2. The Morgan fingerprint density at radius 1 is 1.38 bits per heavy atom. The molecule has 0 radical (unpaired) electrons. The molecule has 0 aromatic heterocycles. The number of halogens is 2. The van der Waals surface area contributed by atoms with E-state index < -0.39 is 12.5 Å². The van der Waals surface area contributed by atoms with Crippen molar-refractivity contribution in [3.8, 4) is 17.6 Å². The van der Waals surface area contributed by atoms with Crippen LogP contribution < -0.4 is 4.74 Å². The molecule has 1 rings (SSSR count). The Kier molecular flexibility index (Phi) is 5.30. The molecule has 1 aromatic rings. The summed E-state index contributed by atoms with van der Waals surface area (Å²) in [7, 11) is 0. The van der Waals surface area contributed by atoms with Gasteiger partial charge in [0.25, 0.3) is 0 Å². The van der Waals surface area contributed by atoms with E-state index in [-0.39, 0.29) is 19.6 Å². The lowest BCUT2D eigenvalue weighted by atomic mass is 10.2. The first-order valence-electron chi connectivity index (χ1n) is 4.86. The van der Waals surface area contributed by atoms with Crippen LogP contribution in [0.3, 0.4) is 0 Å². The van der Waals surface area contributed by atoms with Gasteiger partial charge in [0.05, 0.1) is 18.8 Å². The predicted molar refractivity (Wildman–Crippen MR) is 56.5 cm³/mol. The SMILES string of the molecule is OCC#Cc1cc(F)ccc1OCCCF. The average molecular weight is 226 g/mol. The molecule has 0 saturated carbocycles. The summed E-state index contributed by atoms with van der Waals surface area (Å²) in [6.07, 6.45) is 0.282. The first kappa shape index (κ1) is 12.5. The second-order valence-electron chi connectivity index (χ2n) is 2.99. The summed E-state index contributed by atoms with van der Waals surface area (Å²) in [5.74, 6) is 4.95. The second kappa shape index (κ2) is 6.81. The van der Waals surface area contributed by atoms with Crippen molar-refractivity contribution in [2.75, 3.05) is 19.9 Å². The Morgan fingerprint density at radius 3 is 2.88 bits per heavy atom. The molecule has 1 aromatic carbocycles. The number of aliphatic hydroxyl groups is 1. The molecule has 0 aliphatic carbocycles. The van der Waals surface area contributed by atoms with Crippen LogP contribution in [0.2, 0.25) is 0 Å². The molecule has 4 heteroatoms. The van der Waals surface area contributed by atoms with Crippen molar-refractivity contribution in [1.29, 1.82) is 0 Å². The lowest BCUT2D eigenvalue weighted by Crippen LogP contribution is -2.00. The molecule has 0 fully saturated rings. The van der Waals surface area contributed by atoms with Gasteiger partial charge in [0.2, 0.25) is 0 Å². The molecule has 0 bridgehead atoms. The van der Waals surface area contributed by atoms with E-state index in [1.165, 1.54) is 18.2 Å². The van der Waals surface area contributed by atoms with Crippen molar-refractivity contribution in [2.45, 2.75) is 6.42 Å². The van der Waals surface area contributed by atoms with E-state index >= 15 is 0 Å². The fraction of sp³-hybridized carbons (Fsp3) is 0.333. The summed E-state index contributed by atoms with van der Waals surface area (Å²) in [5.41, 5.74) is 0.355. The van der Waals surface area contributed by atoms with Crippen LogP contribution in [0.5, 0.6) is 5.75 Å². The highest BCUT2D eigenvalue weighted by molar-refractivity contribution is 5.46. The van der Waals surface area contributed by atoms with E-state index in [9.17, 15) is 8.78 Å². The molecule has 0 aliphatic rings. The van der Waals surface area contributed by atoms with Gasteiger partial charge in [-0.1, -0.05) is 11.8 Å². The molecule has 0 spiro atoms. The van der Waals surface area contributed by atoms with Crippen molar-refractivity contribution in [3.63, 3.8) is 0 Å². The highest BCUT2D eigenvalue weighted by atomic mass is 19.1. The van der Waals surface area contributed by atoms with E-state index in [1.54, 1.807) is 0 Å². The van der Waals surface area contributed by atoms with E-state index in [0.29, 0.717) is 11.3 Å². The third-order valence-electron chi connectivity index (χ3n) is 1.78. The molecule has 16 heavy (non-hydrogen) atoms. The van der Waals surface area contributed by atoms with Crippen LogP contribution in [0.15, 0.2) is 18.2 Å². The topological polar surface area (TPSA) is 29.5 Å². The number of alkyl halides is 1. The Labute approximate surface area is 92.9 Å². The van der Waals surface area contributed by atoms with Crippen LogP contribution in [0.1, 0.15) is 12.0 Å². The van der Waals surface area contributed by atoms with Crippen molar-refractivity contribution in [3.05, 3.63) is 29.6 Å². The summed E-state index contributed by atoms with van der Waals surface area (Å²) >= 11 is 0. The molecule has 0 atom stereocenters. The van der Waals surface area contributed by atoms with Gasteiger partial charge in [0.15, 0.2) is 0 Å². The van der Waals surface area contributed by atoms with Gasteiger partial charge in [0, 0.05) is 6.42 Å². The van der Waals surface area contributed by atoms with E-state index in [1.807, 2.05) is 0 Å². The Hall–Kier alpha value is -1.60. The summed E-state index contributed by atoms with van der Waals surface area (Å²) in [6.45, 7) is -0.546. The normalized spacial score (nSPS) is 9.44. The number of benzene rings is 1. The molecule has 0 saturated heterocycles. The lowest BCUT2D eigenvalue weighted by Gasteiger charge is -2.06. The fourth-order valence-electron chi connectivity index (χ4n) is 1.10. The van der Waals surface area contributed by atoms with Gasteiger partial charge in [-0.15, -0.1) is 0 Å². The monoisotopic (exact) mass is 226 g/mol. The second-order valence-corrected chi connectivity index (χ2v) is 2.99. The van der Waals surface area contributed by atoms with E-state index in [4.69, 9.17) is 9.84 Å². The minimum atomic E-state index is -0.459. The van der Waals surface area contributed by atoms with Crippen molar-refractivity contribution in [1.82, 2.24) is 0 Å². The molecular formula is C12H12F2O2. The lowest BCUT2D eigenvalue weighted by molar-refractivity contribution is 0.288. The van der Waals surface area contributed by atoms with Gasteiger partial charge in [-0.25, -0.2) is 4.39 Å². The molecule has 86 valence electrons. The highest BCUT2D eigenvalue weighted by Gasteiger charge is 2.02. The maximum atomic E-state index is 12.9. The minimum absolute atomic E-state index is 0.218. The summed E-state index contributed by atoms with van der Waals surface area (Å²) in [5, 5.41) is 8.54. The molecule has 2 nitrogen and oxygen atoms in total. The summed E-state index contributed by atoms with van der Waals surface area (Å²) in [6, 6.07) is 3.90. The molecule has 0 aliphatic heterocycles. The van der Waals surface area contributed by atoms with Crippen molar-refractivity contribution >= 4 is 0 Å². The van der Waals surface area contributed by atoms with Gasteiger partial charge in [0.1, 0.15) is 18.2 Å². The minimum Gasteiger partial charge on any atom is -0.492 e. The fourth-order valence-corrected chi connectivity index (χ4v) is 1.10. The predicted octanol–water partition coefficient (Wildman–Crippen LogP) is 1.91. The summed E-state index contributed by atoms with van der Waals surface area (Å²) in [4.78, 5) is 0. The quantitative estimate of drug-likeness (QED) is 0.627. The largest absolute Gasteiger partial charge is 0.492 e. The zero-order valence-corrected chi connectivity index (χ0v) is 8.67. The zero-order valence-electron chi connectivity index (χ0n) is 8.67. The Morgan fingerprint density at radius 2 is 2.19 bits per heavy atom. The van der Waals surface area contributed by atoms with Crippen LogP contribution in [0, 0.1) is 17.7 Å². The molecule has 0 heterocycles. The van der Waals surface area contributed by atoms with E-state index in [2.05, 4.69) is 11.8 Å². The third-order valence-corrected chi connectivity index (χ3v) is 1.78. The van der Waals surface area contributed by atoms with Crippen LogP contribution >= 0.6 is 0 Å². The molecule has 0 amide bonds. The third kappa shape index (κ3) is 3.87. The molecule has 1 N–H and O–H groups in total. The summed E-state index contributed by atoms with van der Waals surface area (Å²) < 4.78 is 30.0. The number of aliphatic hydroxyl groups excluding tert-OH is 1. The molecule has 0 unspecified atom stereocenters. The highest BCUT2D eigenvalue weighted by Crippen LogP contribution is 2.18. The van der Waals surface area contributed by atoms with E-state index in [0.717, 1.165) is 0 Å². The first-order chi connectivity index (χ1) is 7.77. The van der Waals surface area contributed by atoms with Gasteiger partial charge in [-0.05, 0) is 18.2 Å².